The number of carbonyl (C=O) groups excluding carboxylic acids is 2. The molecule has 1 aliphatic heterocycles. The van der Waals surface area contributed by atoms with Crippen LogP contribution in [0, 0.1) is 0 Å². The molecule has 1 aliphatic rings. The number of hydrogen-bond donors (Lipinski definition) is 1. The third-order valence-corrected chi connectivity index (χ3v) is 2.31. The standard InChI is InChI=1S/C11H20N2O4.ClH/c1-11(2,3)17-10(15)13-6-5-12-8(7-13)9(14)16-4;/h8,12H,5-7H2,1-4H3;1H/t8-;/m0./s1. The highest BCUT2D eigenvalue weighted by molar-refractivity contribution is 5.85. The average molecular weight is 281 g/mol. The number of hydrogen-bond acceptors (Lipinski definition) is 5. The Hall–Kier alpha value is -1.01. The van der Waals surface area contributed by atoms with Crippen molar-refractivity contribution in [3.8, 4) is 0 Å². The zero-order valence-corrected chi connectivity index (χ0v) is 12.0. The van der Waals surface area contributed by atoms with Gasteiger partial charge in [-0.15, -0.1) is 12.4 Å². The van der Waals surface area contributed by atoms with Gasteiger partial charge >= 0.3 is 12.1 Å². The molecule has 0 aromatic rings. The molecule has 1 heterocycles. The van der Waals surface area contributed by atoms with Gasteiger partial charge in [0.25, 0.3) is 0 Å². The zero-order chi connectivity index (χ0) is 13.1. The minimum Gasteiger partial charge on any atom is -0.468 e. The summed E-state index contributed by atoms with van der Waals surface area (Å²) in [7, 11) is 1.33. The topological polar surface area (TPSA) is 67.9 Å². The number of rotatable bonds is 1. The van der Waals surface area contributed by atoms with Gasteiger partial charge < -0.3 is 19.7 Å². The molecular formula is C11H21ClN2O4. The number of amides is 1. The number of esters is 1. The molecule has 0 radical (unpaired) electrons. The van der Waals surface area contributed by atoms with Crippen molar-refractivity contribution < 1.29 is 19.1 Å². The highest BCUT2D eigenvalue weighted by Gasteiger charge is 2.31. The molecule has 106 valence electrons. The first-order valence-electron chi connectivity index (χ1n) is 5.62. The maximum Gasteiger partial charge on any atom is 0.410 e. The van der Waals surface area contributed by atoms with Gasteiger partial charge in [-0.3, -0.25) is 4.79 Å². The molecule has 0 spiro atoms. The van der Waals surface area contributed by atoms with Crippen LogP contribution in [0.4, 0.5) is 4.79 Å². The van der Waals surface area contributed by atoms with Crippen molar-refractivity contribution in [3.63, 3.8) is 0 Å². The Bertz CT molecular complexity index is 304. The van der Waals surface area contributed by atoms with Crippen LogP contribution < -0.4 is 5.32 Å². The quantitative estimate of drug-likeness (QED) is 0.719. The molecule has 1 N–H and O–H groups in total. The lowest BCUT2D eigenvalue weighted by atomic mass is 10.2. The number of ether oxygens (including phenoxy) is 2. The summed E-state index contributed by atoms with van der Waals surface area (Å²) in [6.07, 6.45) is -0.395. The van der Waals surface area contributed by atoms with E-state index in [9.17, 15) is 9.59 Å². The summed E-state index contributed by atoms with van der Waals surface area (Å²) in [5, 5.41) is 2.99. The maximum atomic E-state index is 11.8. The van der Waals surface area contributed by atoms with Gasteiger partial charge in [-0.2, -0.15) is 0 Å². The predicted octanol–water partition coefficient (Wildman–Crippen LogP) is 0.790. The molecular weight excluding hydrogens is 260 g/mol. The number of halogens is 1. The van der Waals surface area contributed by atoms with Crippen LogP contribution in [-0.2, 0) is 14.3 Å². The molecule has 6 nitrogen and oxygen atoms in total. The summed E-state index contributed by atoms with van der Waals surface area (Å²) in [4.78, 5) is 24.7. The SMILES string of the molecule is COC(=O)[C@@H]1CN(C(=O)OC(C)(C)C)CCN1.Cl. The molecule has 0 bridgehead atoms. The molecule has 7 heteroatoms. The molecule has 0 saturated carbocycles. The van der Waals surface area contributed by atoms with Crippen molar-refractivity contribution in [1.82, 2.24) is 10.2 Å². The molecule has 1 amide bonds. The fraction of sp³-hybridized carbons (Fsp3) is 0.818. The molecule has 1 fully saturated rings. The Morgan fingerprint density at radius 3 is 2.44 bits per heavy atom. The minimum absolute atomic E-state index is 0. The smallest absolute Gasteiger partial charge is 0.410 e. The van der Waals surface area contributed by atoms with Crippen LogP contribution in [0.2, 0.25) is 0 Å². The monoisotopic (exact) mass is 280 g/mol. The van der Waals surface area contributed by atoms with E-state index in [0.717, 1.165) is 0 Å². The second kappa shape index (κ2) is 6.80. The molecule has 1 saturated heterocycles. The molecule has 18 heavy (non-hydrogen) atoms. The van der Waals surface area contributed by atoms with Crippen molar-refractivity contribution in [2.75, 3.05) is 26.7 Å². The van der Waals surface area contributed by atoms with Crippen molar-refractivity contribution in [1.29, 1.82) is 0 Å². The Morgan fingerprint density at radius 2 is 1.94 bits per heavy atom. The van der Waals surface area contributed by atoms with Crippen molar-refractivity contribution in [3.05, 3.63) is 0 Å². The van der Waals surface area contributed by atoms with E-state index in [0.29, 0.717) is 13.1 Å². The zero-order valence-electron chi connectivity index (χ0n) is 11.2. The van der Waals surface area contributed by atoms with Crippen LogP contribution in [0.3, 0.4) is 0 Å². The lowest BCUT2D eigenvalue weighted by Gasteiger charge is -2.33. The highest BCUT2D eigenvalue weighted by atomic mass is 35.5. The number of nitrogens with zero attached hydrogens (tertiary/aromatic N) is 1. The van der Waals surface area contributed by atoms with Gasteiger partial charge in [0.2, 0.25) is 0 Å². The third-order valence-electron chi connectivity index (χ3n) is 2.31. The van der Waals surface area contributed by atoms with Crippen LogP contribution in [0.1, 0.15) is 20.8 Å². The molecule has 1 atom stereocenters. The first-order chi connectivity index (χ1) is 7.83. The summed E-state index contributed by atoms with van der Waals surface area (Å²) >= 11 is 0. The van der Waals surface area contributed by atoms with Crippen LogP contribution in [0.5, 0.6) is 0 Å². The number of piperazine rings is 1. The van der Waals surface area contributed by atoms with Crippen LogP contribution in [0.15, 0.2) is 0 Å². The van der Waals surface area contributed by atoms with E-state index in [2.05, 4.69) is 10.1 Å². The van der Waals surface area contributed by atoms with Gasteiger partial charge in [0.1, 0.15) is 11.6 Å². The Balaban J connectivity index is 0.00000289. The van der Waals surface area contributed by atoms with Gasteiger partial charge in [-0.25, -0.2) is 4.79 Å². The second-order valence-electron chi connectivity index (χ2n) is 4.96. The minimum atomic E-state index is -0.525. The molecule has 0 aromatic carbocycles. The number of carbonyl (C=O) groups is 2. The van der Waals surface area contributed by atoms with Crippen LogP contribution in [0.25, 0.3) is 0 Å². The molecule has 0 aliphatic carbocycles. The van der Waals surface area contributed by atoms with E-state index in [1.54, 1.807) is 0 Å². The van der Waals surface area contributed by atoms with E-state index < -0.39 is 17.7 Å². The van der Waals surface area contributed by atoms with Crippen LogP contribution in [-0.4, -0.2) is 55.3 Å². The highest BCUT2D eigenvalue weighted by Crippen LogP contribution is 2.11. The molecule has 0 unspecified atom stereocenters. The van der Waals surface area contributed by atoms with E-state index in [1.165, 1.54) is 12.0 Å². The van der Waals surface area contributed by atoms with Gasteiger partial charge in [-0.1, -0.05) is 0 Å². The van der Waals surface area contributed by atoms with Gasteiger partial charge in [0.05, 0.1) is 13.7 Å². The fourth-order valence-corrected chi connectivity index (χ4v) is 1.54. The Labute approximate surface area is 113 Å². The van der Waals surface area contributed by atoms with Crippen molar-refractivity contribution in [2.24, 2.45) is 0 Å². The summed E-state index contributed by atoms with van der Waals surface area (Å²) in [5.41, 5.74) is -0.525. The second-order valence-corrected chi connectivity index (χ2v) is 4.96. The molecule has 1 rings (SSSR count). The summed E-state index contributed by atoms with van der Waals surface area (Å²) in [6, 6.07) is -0.471. The first-order valence-corrected chi connectivity index (χ1v) is 5.62. The first kappa shape index (κ1) is 17.0. The fourth-order valence-electron chi connectivity index (χ4n) is 1.54. The lowest BCUT2D eigenvalue weighted by Crippen LogP contribution is -2.56. The van der Waals surface area contributed by atoms with Crippen molar-refractivity contribution in [2.45, 2.75) is 32.4 Å². The largest absolute Gasteiger partial charge is 0.468 e. The predicted molar refractivity (Wildman–Crippen MR) is 68.9 cm³/mol. The van der Waals surface area contributed by atoms with Gasteiger partial charge in [-0.05, 0) is 20.8 Å². The third kappa shape index (κ3) is 5.10. The number of nitrogens with one attached hydrogen (secondary N) is 1. The van der Waals surface area contributed by atoms with E-state index >= 15 is 0 Å². The van der Waals surface area contributed by atoms with Gasteiger partial charge in [0, 0.05) is 13.1 Å². The van der Waals surface area contributed by atoms with Crippen molar-refractivity contribution >= 4 is 24.5 Å². The number of methoxy groups -OCH3 is 1. The summed E-state index contributed by atoms with van der Waals surface area (Å²) in [6.45, 7) is 6.80. The average Bonchev–Trinajstić information content (AvgIpc) is 2.26. The summed E-state index contributed by atoms with van der Waals surface area (Å²) < 4.78 is 9.88. The maximum absolute atomic E-state index is 11.8. The van der Waals surface area contributed by atoms with Crippen LogP contribution >= 0.6 is 12.4 Å². The van der Waals surface area contributed by atoms with E-state index in [4.69, 9.17) is 4.74 Å². The lowest BCUT2D eigenvalue weighted by molar-refractivity contribution is -0.144. The normalized spacial score (nSPS) is 19.8. The van der Waals surface area contributed by atoms with Gasteiger partial charge in [0.15, 0.2) is 0 Å². The van der Waals surface area contributed by atoms with E-state index in [1.807, 2.05) is 20.8 Å². The Morgan fingerprint density at radius 1 is 1.33 bits per heavy atom. The Kier molecular flexibility index (Phi) is 6.42. The molecule has 0 aromatic heterocycles. The summed E-state index contributed by atoms with van der Waals surface area (Å²) in [5.74, 6) is -0.363. The van der Waals surface area contributed by atoms with E-state index in [-0.39, 0.29) is 24.9 Å².